The molecule has 1 heterocycles. The van der Waals surface area contributed by atoms with Crippen molar-refractivity contribution in [2.24, 2.45) is 5.92 Å². The second-order valence-electron chi connectivity index (χ2n) is 5.25. The predicted octanol–water partition coefficient (Wildman–Crippen LogP) is 3.54. The number of hydrogen-bond acceptors (Lipinski definition) is 3. The SMILES string of the molecule is CC1CCC(CO)CN1S(=O)(=O)c1c(Cl)cc(Br)cc1Cl. The lowest BCUT2D eigenvalue weighted by Crippen LogP contribution is -2.46. The van der Waals surface area contributed by atoms with E-state index in [1.807, 2.05) is 6.92 Å². The van der Waals surface area contributed by atoms with E-state index in [4.69, 9.17) is 23.2 Å². The van der Waals surface area contributed by atoms with Gasteiger partial charge < -0.3 is 5.11 Å². The molecule has 21 heavy (non-hydrogen) atoms. The van der Waals surface area contributed by atoms with Crippen LogP contribution in [0.15, 0.2) is 21.5 Å². The molecule has 1 saturated heterocycles. The Morgan fingerprint density at radius 1 is 1.33 bits per heavy atom. The third kappa shape index (κ3) is 3.57. The lowest BCUT2D eigenvalue weighted by molar-refractivity contribution is 0.139. The average Bonchev–Trinajstić information content (AvgIpc) is 2.37. The third-order valence-electron chi connectivity index (χ3n) is 3.71. The van der Waals surface area contributed by atoms with E-state index in [0.29, 0.717) is 10.9 Å². The van der Waals surface area contributed by atoms with Crippen molar-refractivity contribution in [3.05, 3.63) is 26.7 Å². The number of hydrogen-bond donors (Lipinski definition) is 1. The van der Waals surface area contributed by atoms with E-state index in [-0.39, 0.29) is 40.1 Å². The van der Waals surface area contributed by atoms with Crippen LogP contribution in [0.3, 0.4) is 0 Å². The number of aliphatic hydroxyl groups excluding tert-OH is 1. The summed E-state index contributed by atoms with van der Waals surface area (Å²) in [4.78, 5) is -0.0699. The molecule has 0 radical (unpaired) electrons. The van der Waals surface area contributed by atoms with Crippen LogP contribution < -0.4 is 0 Å². The van der Waals surface area contributed by atoms with Gasteiger partial charge in [0.1, 0.15) is 4.90 Å². The molecular weight excluding hydrogens is 401 g/mol. The van der Waals surface area contributed by atoms with Crippen molar-refractivity contribution in [3.63, 3.8) is 0 Å². The Bertz CT molecular complexity index is 615. The molecule has 4 nitrogen and oxygen atoms in total. The minimum Gasteiger partial charge on any atom is -0.396 e. The number of nitrogens with zero attached hydrogens (tertiary/aromatic N) is 1. The normalized spacial score (nSPS) is 24.2. The van der Waals surface area contributed by atoms with Gasteiger partial charge in [0.05, 0.1) is 10.0 Å². The van der Waals surface area contributed by atoms with Crippen molar-refractivity contribution in [1.29, 1.82) is 0 Å². The molecular formula is C13H16BrCl2NO3S. The highest BCUT2D eigenvalue weighted by Crippen LogP contribution is 2.37. The highest BCUT2D eigenvalue weighted by atomic mass is 79.9. The molecule has 0 aromatic heterocycles. The summed E-state index contributed by atoms with van der Waals surface area (Å²) < 4.78 is 27.8. The van der Waals surface area contributed by atoms with Crippen molar-refractivity contribution in [3.8, 4) is 0 Å². The Balaban J connectivity index is 2.46. The molecule has 2 rings (SSSR count). The molecule has 0 bridgehead atoms. The molecule has 118 valence electrons. The summed E-state index contributed by atoms with van der Waals surface area (Å²) in [7, 11) is -3.79. The maximum Gasteiger partial charge on any atom is 0.246 e. The number of rotatable bonds is 3. The molecule has 1 aromatic rings. The number of halogens is 3. The average molecular weight is 417 g/mol. The second-order valence-corrected chi connectivity index (χ2v) is 8.81. The molecule has 0 saturated carbocycles. The number of piperidine rings is 1. The summed E-state index contributed by atoms with van der Waals surface area (Å²) >= 11 is 15.4. The molecule has 0 amide bonds. The number of sulfonamides is 1. The van der Waals surface area contributed by atoms with Gasteiger partial charge in [-0.1, -0.05) is 39.1 Å². The van der Waals surface area contributed by atoms with E-state index in [1.165, 1.54) is 16.4 Å². The molecule has 0 aliphatic carbocycles. The molecule has 1 aromatic carbocycles. The molecule has 2 unspecified atom stereocenters. The molecule has 2 atom stereocenters. The van der Waals surface area contributed by atoms with Crippen molar-refractivity contribution in [1.82, 2.24) is 4.31 Å². The largest absolute Gasteiger partial charge is 0.396 e. The van der Waals surface area contributed by atoms with Crippen molar-refractivity contribution >= 4 is 49.2 Å². The van der Waals surface area contributed by atoms with Crippen molar-refractivity contribution < 1.29 is 13.5 Å². The van der Waals surface area contributed by atoms with Gasteiger partial charge in [0.2, 0.25) is 10.0 Å². The van der Waals surface area contributed by atoms with E-state index in [1.54, 1.807) is 0 Å². The van der Waals surface area contributed by atoms with Gasteiger partial charge in [-0.05, 0) is 37.8 Å². The Morgan fingerprint density at radius 2 is 1.90 bits per heavy atom. The van der Waals surface area contributed by atoms with Crippen LogP contribution in [0.4, 0.5) is 0 Å². The highest BCUT2D eigenvalue weighted by Gasteiger charge is 2.37. The van der Waals surface area contributed by atoms with E-state index < -0.39 is 10.0 Å². The van der Waals surface area contributed by atoms with Gasteiger partial charge in [0.15, 0.2) is 0 Å². The number of aliphatic hydroxyl groups is 1. The van der Waals surface area contributed by atoms with Gasteiger partial charge in [0.25, 0.3) is 0 Å². The molecule has 0 spiro atoms. The van der Waals surface area contributed by atoms with Crippen LogP contribution in [0.5, 0.6) is 0 Å². The molecule has 1 aliphatic rings. The van der Waals surface area contributed by atoms with Gasteiger partial charge in [-0.2, -0.15) is 4.31 Å². The maximum absolute atomic E-state index is 12.9. The summed E-state index contributed by atoms with van der Waals surface area (Å²) in [5, 5.41) is 9.48. The zero-order chi connectivity index (χ0) is 15.8. The summed E-state index contributed by atoms with van der Waals surface area (Å²) in [5.41, 5.74) is 0. The minimum atomic E-state index is -3.79. The zero-order valence-electron chi connectivity index (χ0n) is 11.4. The van der Waals surface area contributed by atoms with E-state index in [9.17, 15) is 13.5 Å². The van der Waals surface area contributed by atoms with Crippen LogP contribution in [-0.2, 0) is 10.0 Å². The molecule has 8 heteroatoms. The van der Waals surface area contributed by atoms with Gasteiger partial charge in [0, 0.05) is 23.7 Å². The van der Waals surface area contributed by atoms with Gasteiger partial charge >= 0.3 is 0 Å². The monoisotopic (exact) mass is 415 g/mol. The minimum absolute atomic E-state index is 0.0272. The van der Waals surface area contributed by atoms with Crippen molar-refractivity contribution in [2.75, 3.05) is 13.2 Å². The first-order valence-corrected chi connectivity index (χ1v) is 9.53. The van der Waals surface area contributed by atoms with Crippen LogP contribution in [0.1, 0.15) is 19.8 Å². The fraction of sp³-hybridized carbons (Fsp3) is 0.538. The first-order chi connectivity index (χ1) is 9.77. The maximum atomic E-state index is 12.9. The molecule has 1 aliphatic heterocycles. The first kappa shape index (κ1) is 17.5. The fourth-order valence-electron chi connectivity index (χ4n) is 2.52. The second kappa shape index (κ2) is 6.72. The van der Waals surface area contributed by atoms with Crippen LogP contribution >= 0.6 is 39.1 Å². The summed E-state index contributed by atoms with van der Waals surface area (Å²) in [5.74, 6) is -0.0519. The fourth-order valence-corrected chi connectivity index (χ4v) is 6.15. The highest BCUT2D eigenvalue weighted by molar-refractivity contribution is 9.10. The van der Waals surface area contributed by atoms with Crippen LogP contribution in [0.25, 0.3) is 0 Å². The van der Waals surface area contributed by atoms with Gasteiger partial charge in [-0.15, -0.1) is 0 Å². The van der Waals surface area contributed by atoms with E-state index in [0.717, 1.165) is 6.42 Å². The quantitative estimate of drug-likeness (QED) is 0.819. The van der Waals surface area contributed by atoms with Crippen molar-refractivity contribution in [2.45, 2.75) is 30.7 Å². The summed E-state index contributed by atoms with van der Waals surface area (Å²) in [6.45, 7) is 2.11. The Kier molecular flexibility index (Phi) is 5.60. The lowest BCUT2D eigenvalue weighted by atomic mass is 9.96. The topological polar surface area (TPSA) is 57.6 Å². The zero-order valence-corrected chi connectivity index (χ0v) is 15.3. The summed E-state index contributed by atoms with van der Waals surface area (Å²) in [6, 6.07) is 2.88. The smallest absolute Gasteiger partial charge is 0.246 e. The first-order valence-electron chi connectivity index (χ1n) is 6.54. The van der Waals surface area contributed by atoms with Crippen LogP contribution in [-0.4, -0.2) is 37.0 Å². The standard InChI is InChI=1S/C13H16BrCl2NO3S/c1-8-2-3-9(7-18)6-17(8)21(19,20)13-11(15)4-10(14)5-12(13)16/h4-5,8-9,18H,2-3,6-7H2,1H3. The van der Waals surface area contributed by atoms with E-state index >= 15 is 0 Å². The molecule has 1 fully saturated rings. The summed E-state index contributed by atoms with van der Waals surface area (Å²) in [6.07, 6.45) is 1.52. The van der Waals surface area contributed by atoms with Gasteiger partial charge in [-0.25, -0.2) is 8.42 Å². The Labute approximate surface area is 143 Å². The predicted molar refractivity (Wildman–Crippen MR) is 87.3 cm³/mol. The third-order valence-corrected chi connectivity index (χ3v) is 7.07. The Hall–Kier alpha value is 0.150. The van der Waals surface area contributed by atoms with Gasteiger partial charge in [-0.3, -0.25) is 0 Å². The Morgan fingerprint density at radius 3 is 2.43 bits per heavy atom. The molecule has 1 N–H and O–H groups in total. The number of benzene rings is 1. The lowest BCUT2D eigenvalue weighted by Gasteiger charge is -2.36. The van der Waals surface area contributed by atoms with Crippen LogP contribution in [0.2, 0.25) is 10.0 Å². The van der Waals surface area contributed by atoms with Crippen LogP contribution in [0, 0.1) is 5.92 Å². The van der Waals surface area contributed by atoms with E-state index in [2.05, 4.69) is 15.9 Å².